The summed E-state index contributed by atoms with van der Waals surface area (Å²) in [7, 11) is 4.72. The van der Waals surface area contributed by atoms with E-state index in [0.29, 0.717) is 5.56 Å². The first-order chi connectivity index (χ1) is 12.7. The van der Waals surface area contributed by atoms with Gasteiger partial charge < -0.3 is 25.2 Å². The van der Waals surface area contributed by atoms with E-state index < -0.39 is 23.7 Å². The Morgan fingerprint density at radius 2 is 2.00 bits per heavy atom. The van der Waals surface area contributed by atoms with Crippen LogP contribution in [0.3, 0.4) is 0 Å². The number of benzene rings is 1. The van der Waals surface area contributed by atoms with Gasteiger partial charge in [0.05, 0.1) is 7.11 Å². The Morgan fingerprint density at radius 3 is 2.52 bits per heavy atom. The fourth-order valence-electron chi connectivity index (χ4n) is 2.57. The third-order valence-electron chi connectivity index (χ3n) is 4.00. The number of hydrogen-bond acceptors (Lipinski definition) is 6. The van der Waals surface area contributed by atoms with E-state index in [-0.39, 0.29) is 28.8 Å². The smallest absolute Gasteiger partial charge is 0.259 e. The maximum absolute atomic E-state index is 13.7. The SMILES string of the molecule is COc1cc(-c2onc(N(C)C)c2C(=O)N[C@H](C(N)=O)C(C)C)ccc1F. The van der Waals surface area contributed by atoms with Gasteiger partial charge in [0.1, 0.15) is 11.6 Å². The molecule has 0 saturated heterocycles. The van der Waals surface area contributed by atoms with Gasteiger partial charge in [0.15, 0.2) is 23.1 Å². The normalized spacial score (nSPS) is 12.0. The van der Waals surface area contributed by atoms with Crippen molar-refractivity contribution < 1.29 is 23.2 Å². The molecule has 1 aromatic carbocycles. The molecule has 1 atom stereocenters. The van der Waals surface area contributed by atoms with Crippen molar-refractivity contribution in [2.24, 2.45) is 11.7 Å². The van der Waals surface area contributed by atoms with E-state index >= 15 is 0 Å². The number of nitrogens with one attached hydrogen (secondary N) is 1. The molecule has 1 aromatic heterocycles. The molecule has 9 heteroatoms. The van der Waals surface area contributed by atoms with Crippen LogP contribution >= 0.6 is 0 Å². The van der Waals surface area contributed by atoms with Crippen molar-refractivity contribution >= 4 is 17.6 Å². The fraction of sp³-hybridized carbons (Fsp3) is 0.389. The average molecular weight is 378 g/mol. The Labute approximate surface area is 156 Å². The number of anilines is 1. The zero-order valence-electron chi connectivity index (χ0n) is 15.9. The molecule has 2 rings (SSSR count). The molecule has 0 aliphatic heterocycles. The number of carbonyl (C=O) groups excluding carboxylic acids is 2. The summed E-state index contributed by atoms with van der Waals surface area (Å²) in [5.41, 5.74) is 5.89. The topological polar surface area (TPSA) is 111 Å². The summed E-state index contributed by atoms with van der Waals surface area (Å²) >= 11 is 0. The minimum Gasteiger partial charge on any atom is -0.494 e. The third kappa shape index (κ3) is 4.18. The number of primary amides is 1. The molecule has 0 aliphatic rings. The molecule has 0 bridgehead atoms. The maximum Gasteiger partial charge on any atom is 0.259 e. The Balaban J connectivity index is 2.53. The van der Waals surface area contributed by atoms with E-state index in [1.807, 2.05) is 0 Å². The summed E-state index contributed by atoms with van der Waals surface area (Å²) in [5, 5.41) is 6.55. The summed E-state index contributed by atoms with van der Waals surface area (Å²) in [4.78, 5) is 26.2. The molecule has 146 valence electrons. The maximum atomic E-state index is 13.7. The first kappa shape index (κ1) is 20.2. The van der Waals surface area contributed by atoms with Gasteiger partial charge in [-0.05, 0) is 24.1 Å². The highest BCUT2D eigenvalue weighted by molar-refractivity contribution is 6.05. The second-order valence-corrected chi connectivity index (χ2v) is 6.55. The number of rotatable bonds is 7. The summed E-state index contributed by atoms with van der Waals surface area (Å²) in [6.45, 7) is 3.53. The number of halogens is 1. The highest BCUT2D eigenvalue weighted by Crippen LogP contribution is 2.33. The number of nitrogens with zero attached hydrogens (tertiary/aromatic N) is 2. The Kier molecular flexibility index (Phi) is 6.04. The van der Waals surface area contributed by atoms with E-state index in [0.717, 1.165) is 0 Å². The van der Waals surface area contributed by atoms with Crippen molar-refractivity contribution in [2.75, 3.05) is 26.1 Å². The van der Waals surface area contributed by atoms with Crippen LogP contribution in [0.1, 0.15) is 24.2 Å². The second-order valence-electron chi connectivity index (χ2n) is 6.55. The zero-order chi connectivity index (χ0) is 20.3. The lowest BCUT2D eigenvalue weighted by atomic mass is 10.0. The minimum absolute atomic E-state index is 0.00106. The number of aromatic nitrogens is 1. The van der Waals surface area contributed by atoms with Crippen LogP contribution in [0, 0.1) is 11.7 Å². The Hall–Kier alpha value is -3.10. The van der Waals surface area contributed by atoms with Gasteiger partial charge in [-0.25, -0.2) is 4.39 Å². The number of methoxy groups -OCH3 is 1. The zero-order valence-corrected chi connectivity index (χ0v) is 15.9. The van der Waals surface area contributed by atoms with Crippen LogP contribution in [-0.4, -0.2) is 44.2 Å². The monoisotopic (exact) mass is 378 g/mol. The van der Waals surface area contributed by atoms with E-state index in [1.54, 1.807) is 32.8 Å². The van der Waals surface area contributed by atoms with E-state index in [4.69, 9.17) is 15.0 Å². The first-order valence-corrected chi connectivity index (χ1v) is 8.28. The predicted molar refractivity (Wildman–Crippen MR) is 98.1 cm³/mol. The predicted octanol–water partition coefficient (Wildman–Crippen LogP) is 1.79. The van der Waals surface area contributed by atoms with Crippen molar-refractivity contribution in [3.8, 4) is 17.1 Å². The van der Waals surface area contributed by atoms with Crippen molar-refractivity contribution in [3.63, 3.8) is 0 Å². The second kappa shape index (κ2) is 8.07. The van der Waals surface area contributed by atoms with Crippen LogP contribution in [0.5, 0.6) is 5.75 Å². The number of amides is 2. The molecule has 0 radical (unpaired) electrons. The quantitative estimate of drug-likeness (QED) is 0.760. The van der Waals surface area contributed by atoms with Crippen molar-refractivity contribution in [2.45, 2.75) is 19.9 Å². The van der Waals surface area contributed by atoms with Gasteiger partial charge in [0.2, 0.25) is 5.91 Å². The van der Waals surface area contributed by atoms with Crippen LogP contribution in [0.2, 0.25) is 0 Å². The van der Waals surface area contributed by atoms with E-state index in [1.165, 1.54) is 25.3 Å². The number of ether oxygens (including phenoxy) is 1. The molecular formula is C18H23FN4O4. The first-order valence-electron chi connectivity index (χ1n) is 8.28. The summed E-state index contributed by atoms with van der Waals surface area (Å²) in [5.74, 6) is -1.59. The molecule has 0 spiro atoms. The Morgan fingerprint density at radius 1 is 1.33 bits per heavy atom. The summed E-state index contributed by atoms with van der Waals surface area (Å²) < 4.78 is 24.1. The number of carbonyl (C=O) groups is 2. The molecule has 0 unspecified atom stereocenters. The highest BCUT2D eigenvalue weighted by atomic mass is 19.1. The van der Waals surface area contributed by atoms with Crippen LogP contribution < -0.4 is 20.7 Å². The lowest BCUT2D eigenvalue weighted by Gasteiger charge is -2.19. The largest absolute Gasteiger partial charge is 0.494 e. The van der Waals surface area contributed by atoms with Gasteiger partial charge in [0, 0.05) is 19.7 Å². The third-order valence-corrected chi connectivity index (χ3v) is 4.00. The molecule has 0 aliphatic carbocycles. The fourth-order valence-corrected chi connectivity index (χ4v) is 2.57. The van der Waals surface area contributed by atoms with Crippen molar-refractivity contribution in [3.05, 3.63) is 29.6 Å². The standard InChI is InChI=1S/C18H23FN4O4/c1-9(2)14(16(20)24)21-18(25)13-15(27-22-17(13)23(3)4)10-6-7-11(19)12(8-10)26-5/h6-9,14H,1-5H3,(H2,20,24)(H,21,25)/t14-/m0/s1. The lowest BCUT2D eigenvalue weighted by molar-refractivity contribution is -0.120. The molecule has 1 heterocycles. The number of nitrogens with two attached hydrogens (primary N) is 1. The van der Waals surface area contributed by atoms with E-state index in [9.17, 15) is 14.0 Å². The van der Waals surface area contributed by atoms with Crippen LogP contribution in [0.15, 0.2) is 22.7 Å². The van der Waals surface area contributed by atoms with Crippen molar-refractivity contribution in [1.29, 1.82) is 0 Å². The molecule has 27 heavy (non-hydrogen) atoms. The van der Waals surface area contributed by atoms with Gasteiger partial charge >= 0.3 is 0 Å². The van der Waals surface area contributed by atoms with Crippen LogP contribution in [0.25, 0.3) is 11.3 Å². The molecule has 2 amide bonds. The molecule has 3 N–H and O–H groups in total. The average Bonchev–Trinajstić information content (AvgIpc) is 3.04. The van der Waals surface area contributed by atoms with Gasteiger partial charge in [-0.2, -0.15) is 0 Å². The molecule has 0 saturated carbocycles. The van der Waals surface area contributed by atoms with Gasteiger partial charge in [-0.15, -0.1) is 0 Å². The highest BCUT2D eigenvalue weighted by Gasteiger charge is 2.30. The molecular weight excluding hydrogens is 355 g/mol. The molecule has 0 fully saturated rings. The van der Waals surface area contributed by atoms with Crippen LogP contribution in [0.4, 0.5) is 10.2 Å². The summed E-state index contributed by atoms with van der Waals surface area (Å²) in [6, 6.07) is 3.19. The molecule has 8 nitrogen and oxygen atoms in total. The van der Waals surface area contributed by atoms with Gasteiger partial charge in [-0.1, -0.05) is 19.0 Å². The number of hydrogen-bond donors (Lipinski definition) is 2. The van der Waals surface area contributed by atoms with Crippen molar-refractivity contribution in [1.82, 2.24) is 10.5 Å². The van der Waals surface area contributed by atoms with E-state index in [2.05, 4.69) is 10.5 Å². The van der Waals surface area contributed by atoms with Gasteiger partial charge in [0.25, 0.3) is 5.91 Å². The lowest BCUT2D eigenvalue weighted by Crippen LogP contribution is -2.47. The summed E-state index contributed by atoms with van der Waals surface area (Å²) in [6.07, 6.45) is 0. The minimum atomic E-state index is -0.863. The van der Waals surface area contributed by atoms with Crippen LogP contribution in [-0.2, 0) is 4.79 Å². The Bertz CT molecular complexity index is 848. The molecule has 2 aromatic rings. The van der Waals surface area contributed by atoms with Gasteiger partial charge in [-0.3, -0.25) is 9.59 Å².